The van der Waals surface area contributed by atoms with E-state index in [1.54, 1.807) is 6.07 Å². The minimum atomic E-state index is -0.313. The van der Waals surface area contributed by atoms with Crippen molar-refractivity contribution in [3.05, 3.63) is 40.0 Å². The van der Waals surface area contributed by atoms with E-state index in [2.05, 4.69) is 34.0 Å². The molecule has 4 nitrogen and oxygen atoms in total. The molecular weight excluding hydrogens is 369 g/mol. The first-order chi connectivity index (χ1) is 9.65. The maximum atomic E-state index is 11.8. The van der Waals surface area contributed by atoms with Crippen molar-refractivity contribution in [1.29, 1.82) is 0 Å². The first-order valence-electron chi connectivity index (χ1n) is 6.52. The van der Waals surface area contributed by atoms with Crippen LogP contribution in [0.25, 0.3) is 0 Å². The topological polar surface area (TPSA) is 55.4 Å². The predicted molar refractivity (Wildman–Crippen MR) is 85.2 cm³/mol. The van der Waals surface area contributed by atoms with E-state index in [0.717, 1.165) is 16.4 Å². The molecule has 0 spiro atoms. The maximum absolute atomic E-state index is 11.8. The number of amides is 1. The Morgan fingerprint density at radius 3 is 2.90 bits per heavy atom. The van der Waals surface area contributed by atoms with E-state index in [1.165, 1.54) is 0 Å². The van der Waals surface area contributed by atoms with E-state index in [1.807, 2.05) is 24.3 Å². The number of esters is 1. The molecule has 0 heterocycles. The smallest absolute Gasteiger partial charge is 0.309 e. The second kappa shape index (κ2) is 7.42. The van der Waals surface area contributed by atoms with Crippen molar-refractivity contribution in [3.63, 3.8) is 0 Å². The molecule has 0 saturated heterocycles. The van der Waals surface area contributed by atoms with Crippen molar-refractivity contribution in [2.24, 2.45) is 5.92 Å². The highest BCUT2D eigenvalue weighted by Gasteiger charge is 2.20. The highest BCUT2D eigenvalue weighted by Crippen LogP contribution is 2.19. The van der Waals surface area contributed by atoms with Crippen molar-refractivity contribution < 1.29 is 14.3 Å². The van der Waals surface area contributed by atoms with Crippen molar-refractivity contribution in [2.45, 2.75) is 19.3 Å². The third-order valence-corrected chi connectivity index (χ3v) is 3.73. The van der Waals surface area contributed by atoms with Gasteiger partial charge in [-0.25, -0.2) is 0 Å². The zero-order valence-corrected chi connectivity index (χ0v) is 13.1. The molecule has 1 aliphatic rings. The van der Waals surface area contributed by atoms with Gasteiger partial charge in [0.15, 0.2) is 6.61 Å². The van der Waals surface area contributed by atoms with Gasteiger partial charge in [-0.05, 0) is 60.1 Å². The van der Waals surface area contributed by atoms with Crippen LogP contribution < -0.4 is 5.32 Å². The van der Waals surface area contributed by atoms with Gasteiger partial charge in [0.05, 0.1) is 5.92 Å². The Balaban J connectivity index is 1.77. The summed E-state index contributed by atoms with van der Waals surface area (Å²) in [6.07, 6.45) is 6.45. The fourth-order valence-corrected chi connectivity index (χ4v) is 2.57. The van der Waals surface area contributed by atoms with Gasteiger partial charge in [0.25, 0.3) is 5.91 Å². The standard InChI is InChI=1S/C15H16INO3/c16-12-7-4-8-13(9-12)17-14(18)10-20-15(19)11-5-2-1-3-6-11/h1-2,4,7-9,11H,3,5-6,10H2,(H,17,18)/t11-/m0/s1. The molecule has 1 aromatic carbocycles. The van der Waals surface area contributed by atoms with E-state index in [-0.39, 0.29) is 24.4 Å². The third-order valence-electron chi connectivity index (χ3n) is 3.06. The number of rotatable bonds is 4. The van der Waals surface area contributed by atoms with Crippen molar-refractivity contribution in [1.82, 2.24) is 0 Å². The Morgan fingerprint density at radius 2 is 2.20 bits per heavy atom. The molecule has 0 aromatic heterocycles. The van der Waals surface area contributed by atoms with Crippen LogP contribution in [0.3, 0.4) is 0 Å². The molecule has 0 aliphatic heterocycles. The lowest BCUT2D eigenvalue weighted by atomic mass is 9.95. The lowest BCUT2D eigenvalue weighted by Crippen LogP contribution is -2.25. The summed E-state index contributed by atoms with van der Waals surface area (Å²) in [6.45, 7) is -0.232. The first kappa shape index (κ1) is 15.0. The van der Waals surface area contributed by atoms with Crippen LogP contribution >= 0.6 is 22.6 Å². The van der Waals surface area contributed by atoms with Crippen LogP contribution in [0.2, 0.25) is 0 Å². The summed E-state index contributed by atoms with van der Waals surface area (Å²) < 4.78 is 6.09. The summed E-state index contributed by atoms with van der Waals surface area (Å²) in [4.78, 5) is 23.5. The van der Waals surface area contributed by atoms with E-state index in [0.29, 0.717) is 12.1 Å². The summed E-state index contributed by atoms with van der Waals surface area (Å²) >= 11 is 2.17. The SMILES string of the molecule is O=C(COC(=O)[C@H]1CC=CCC1)Nc1cccc(I)c1. The minimum absolute atomic E-state index is 0.106. The number of benzene rings is 1. The van der Waals surface area contributed by atoms with Crippen LogP contribution in [0.15, 0.2) is 36.4 Å². The van der Waals surface area contributed by atoms with Gasteiger partial charge in [0.1, 0.15) is 0 Å². The van der Waals surface area contributed by atoms with Gasteiger partial charge in [-0.2, -0.15) is 0 Å². The zero-order valence-electron chi connectivity index (χ0n) is 11.0. The van der Waals surface area contributed by atoms with Crippen LogP contribution in [-0.2, 0) is 14.3 Å². The van der Waals surface area contributed by atoms with Crippen molar-refractivity contribution in [3.8, 4) is 0 Å². The lowest BCUT2D eigenvalue weighted by Gasteiger charge is -2.16. The number of carbonyl (C=O) groups excluding carboxylic acids is 2. The number of hydrogen-bond donors (Lipinski definition) is 1. The molecule has 1 amide bonds. The van der Waals surface area contributed by atoms with Crippen LogP contribution in [-0.4, -0.2) is 18.5 Å². The van der Waals surface area contributed by atoms with Crippen LogP contribution in [0.5, 0.6) is 0 Å². The second-order valence-electron chi connectivity index (χ2n) is 4.65. The average Bonchev–Trinajstić information content (AvgIpc) is 2.46. The summed E-state index contributed by atoms with van der Waals surface area (Å²) in [5.41, 5.74) is 0.707. The van der Waals surface area contributed by atoms with Crippen molar-refractivity contribution in [2.75, 3.05) is 11.9 Å². The zero-order chi connectivity index (χ0) is 14.4. The molecule has 1 atom stereocenters. The number of halogens is 1. The second-order valence-corrected chi connectivity index (χ2v) is 5.89. The molecule has 0 unspecified atom stereocenters. The maximum Gasteiger partial charge on any atom is 0.309 e. The molecule has 1 aromatic rings. The Labute approximate surface area is 131 Å². The highest BCUT2D eigenvalue weighted by molar-refractivity contribution is 14.1. The van der Waals surface area contributed by atoms with Crippen LogP contribution in [0.4, 0.5) is 5.69 Å². The van der Waals surface area contributed by atoms with Gasteiger partial charge >= 0.3 is 5.97 Å². The molecule has 20 heavy (non-hydrogen) atoms. The van der Waals surface area contributed by atoms with E-state index in [9.17, 15) is 9.59 Å². The van der Waals surface area contributed by atoms with E-state index >= 15 is 0 Å². The monoisotopic (exact) mass is 385 g/mol. The molecule has 106 valence electrons. The summed E-state index contributed by atoms with van der Waals surface area (Å²) in [5.74, 6) is -0.704. The highest BCUT2D eigenvalue weighted by atomic mass is 127. The Hall–Kier alpha value is -1.37. The molecule has 0 saturated carbocycles. The molecule has 0 radical (unpaired) electrons. The number of carbonyl (C=O) groups is 2. The third kappa shape index (κ3) is 4.63. The van der Waals surface area contributed by atoms with Crippen molar-refractivity contribution >= 4 is 40.2 Å². The quantitative estimate of drug-likeness (QED) is 0.492. The summed E-state index contributed by atoms with van der Waals surface area (Å²) in [5, 5.41) is 2.71. The Morgan fingerprint density at radius 1 is 1.35 bits per heavy atom. The molecule has 2 rings (SSSR count). The van der Waals surface area contributed by atoms with E-state index in [4.69, 9.17) is 4.74 Å². The molecule has 1 N–H and O–H groups in total. The van der Waals surface area contributed by atoms with Gasteiger partial charge in [0, 0.05) is 9.26 Å². The van der Waals surface area contributed by atoms with Gasteiger partial charge in [-0.15, -0.1) is 0 Å². The molecule has 0 fully saturated rings. The number of ether oxygens (including phenoxy) is 1. The first-order valence-corrected chi connectivity index (χ1v) is 7.60. The molecular formula is C15H16INO3. The lowest BCUT2D eigenvalue weighted by molar-refractivity contribution is -0.151. The van der Waals surface area contributed by atoms with Gasteiger partial charge < -0.3 is 10.1 Å². The molecule has 5 heteroatoms. The summed E-state index contributed by atoms with van der Waals surface area (Å²) in [7, 11) is 0. The van der Waals surface area contributed by atoms with E-state index < -0.39 is 0 Å². The largest absolute Gasteiger partial charge is 0.455 e. The van der Waals surface area contributed by atoms with Gasteiger partial charge in [0.2, 0.25) is 0 Å². The normalized spacial score (nSPS) is 17.6. The molecule has 0 bridgehead atoms. The minimum Gasteiger partial charge on any atom is -0.455 e. The number of nitrogens with one attached hydrogen (secondary N) is 1. The van der Waals surface area contributed by atoms with Gasteiger partial charge in [-0.3, -0.25) is 9.59 Å². The number of allylic oxidation sites excluding steroid dienone is 2. The predicted octanol–water partition coefficient (Wildman–Crippen LogP) is 3.13. The molecule has 1 aliphatic carbocycles. The number of anilines is 1. The number of hydrogen-bond acceptors (Lipinski definition) is 3. The average molecular weight is 385 g/mol. The van der Waals surface area contributed by atoms with Crippen LogP contribution in [0, 0.1) is 9.49 Å². The Bertz CT molecular complexity index is 528. The van der Waals surface area contributed by atoms with Gasteiger partial charge in [-0.1, -0.05) is 18.2 Å². The summed E-state index contributed by atoms with van der Waals surface area (Å²) in [6, 6.07) is 7.45. The van der Waals surface area contributed by atoms with Crippen LogP contribution in [0.1, 0.15) is 19.3 Å². The Kier molecular flexibility index (Phi) is 5.58. The fourth-order valence-electron chi connectivity index (χ4n) is 2.03. The fraction of sp³-hybridized carbons (Fsp3) is 0.333.